The van der Waals surface area contributed by atoms with Crippen molar-refractivity contribution in [1.82, 2.24) is 4.90 Å². The maximum Gasteiger partial charge on any atom is 0.338 e. The van der Waals surface area contributed by atoms with Crippen molar-refractivity contribution in [2.45, 2.75) is 25.4 Å². The van der Waals surface area contributed by atoms with E-state index < -0.39 is 0 Å². The molecule has 0 saturated carbocycles. The summed E-state index contributed by atoms with van der Waals surface area (Å²) >= 11 is 0. The topological polar surface area (TPSA) is 82.4 Å². The number of fused-ring (bicyclic) bond motifs is 2. The van der Waals surface area contributed by atoms with Gasteiger partial charge in [-0.25, -0.2) is 4.79 Å². The Kier molecular flexibility index (Phi) is 4.74. The van der Waals surface area contributed by atoms with Gasteiger partial charge in [0, 0.05) is 42.5 Å². The summed E-state index contributed by atoms with van der Waals surface area (Å²) in [5, 5.41) is 14.6. The van der Waals surface area contributed by atoms with Gasteiger partial charge in [-0.15, -0.1) is 0 Å². The van der Waals surface area contributed by atoms with E-state index in [0.29, 0.717) is 11.1 Å². The third kappa shape index (κ3) is 3.68. The minimum Gasteiger partial charge on any atom is -0.464 e. The van der Waals surface area contributed by atoms with Crippen LogP contribution in [0.15, 0.2) is 68.4 Å². The molecule has 5 rings (SSSR count). The lowest BCUT2D eigenvalue weighted by molar-refractivity contribution is 0.211. The van der Waals surface area contributed by atoms with E-state index in [1.54, 1.807) is 24.5 Å². The van der Waals surface area contributed by atoms with Crippen LogP contribution >= 0.6 is 0 Å². The van der Waals surface area contributed by atoms with Crippen molar-refractivity contribution in [3.63, 3.8) is 0 Å². The lowest BCUT2D eigenvalue weighted by atomic mass is 10.0. The second kappa shape index (κ2) is 7.69. The smallest absolute Gasteiger partial charge is 0.338 e. The van der Waals surface area contributed by atoms with Gasteiger partial charge in [-0.3, -0.25) is 4.90 Å². The highest BCUT2D eigenvalue weighted by Gasteiger charge is 2.20. The van der Waals surface area contributed by atoms with Crippen LogP contribution in [0.1, 0.15) is 24.0 Å². The molecule has 1 saturated heterocycles. The van der Waals surface area contributed by atoms with Gasteiger partial charge in [-0.2, -0.15) is 5.26 Å². The van der Waals surface area contributed by atoms with Crippen molar-refractivity contribution < 1.29 is 8.83 Å². The van der Waals surface area contributed by atoms with Gasteiger partial charge < -0.3 is 14.2 Å². The quantitative estimate of drug-likeness (QED) is 0.509. The molecule has 0 aliphatic carbocycles. The van der Waals surface area contributed by atoms with Crippen LogP contribution in [0.4, 0.5) is 5.69 Å². The van der Waals surface area contributed by atoms with Gasteiger partial charge in [-0.1, -0.05) is 6.07 Å². The maximum absolute atomic E-state index is 11.9. The number of likely N-dealkylation sites (tertiary alicyclic amines) is 1. The van der Waals surface area contributed by atoms with E-state index in [4.69, 9.17) is 8.83 Å². The zero-order chi connectivity index (χ0) is 20.5. The first-order chi connectivity index (χ1) is 14.7. The number of nitriles is 1. The van der Waals surface area contributed by atoms with Crippen LogP contribution in [-0.4, -0.2) is 24.0 Å². The molecule has 1 aliphatic rings. The molecule has 0 radical (unpaired) electrons. The molecular formula is C24H21N3O3. The van der Waals surface area contributed by atoms with Crippen LogP contribution in [0.5, 0.6) is 0 Å². The summed E-state index contributed by atoms with van der Waals surface area (Å²) in [5.74, 6) is 0. The van der Waals surface area contributed by atoms with Crippen LogP contribution in [-0.2, 0) is 6.54 Å². The third-order valence-corrected chi connectivity index (χ3v) is 5.74. The molecule has 6 heteroatoms. The van der Waals surface area contributed by atoms with Gasteiger partial charge in [0.2, 0.25) is 0 Å². The number of hydrogen-bond acceptors (Lipinski definition) is 6. The summed E-state index contributed by atoms with van der Waals surface area (Å²) in [6, 6.07) is 17.3. The Morgan fingerprint density at radius 3 is 2.73 bits per heavy atom. The SMILES string of the molecule is N#Cc1ccc2oc(=O)cc(NC3CCN(Cc4ccc5occc5c4)CC3)c2c1. The number of rotatable bonds is 4. The first kappa shape index (κ1) is 18.5. The van der Waals surface area contributed by atoms with E-state index in [-0.39, 0.29) is 11.7 Å². The number of anilines is 1. The van der Waals surface area contributed by atoms with Gasteiger partial charge in [0.15, 0.2) is 0 Å². The van der Waals surface area contributed by atoms with E-state index in [2.05, 4.69) is 28.4 Å². The molecule has 4 aromatic rings. The number of furan rings is 1. The van der Waals surface area contributed by atoms with Crippen molar-refractivity contribution in [3.8, 4) is 6.07 Å². The van der Waals surface area contributed by atoms with E-state index in [0.717, 1.165) is 54.5 Å². The number of hydrogen-bond donors (Lipinski definition) is 1. The molecule has 1 fully saturated rings. The van der Waals surface area contributed by atoms with Crippen molar-refractivity contribution in [2.75, 3.05) is 18.4 Å². The van der Waals surface area contributed by atoms with Crippen molar-refractivity contribution in [2.24, 2.45) is 0 Å². The fraction of sp³-hybridized carbons (Fsp3) is 0.250. The summed E-state index contributed by atoms with van der Waals surface area (Å²) < 4.78 is 10.7. The highest BCUT2D eigenvalue weighted by atomic mass is 16.4. The highest BCUT2D eigenvalue weighted by molar-refractivity contribution is 5.90. The van der Waals surface area contributed by atoms with Crippen molar-refractivity contribution >= 4 is 27.6 Å². The second-order valence-electron chi connectivity index (χ2n) is 7.79. The van der Waals surface area contributed by atoms with Crippen LogP contribution in [0.3, 0.4) is 0 Å². The Morgan fingerprint density at radius 2 is 1.90 bits per heavy atom. The van der Waals surface area contributed by atoms with E-state index in [1.807, 2.05) is 12.1 Å². The van der Waals surface area contributed by atoms with Gasteiger partial charge in [0.25, 0.3) is 0 Å². The van der Waals surface area contributed by atoms with Crippen molar-refractivity contribution in [1.29, 1.82) is 5.26 Å². The molecule has 1 N–H and O–H groups in total. The molecule has 2 aromatic carbocycles. The third-order valence-electron chi connectivity index (χ3n) is 5.74. The molecule has 150 valence electrons. The zero-order valence-corrected chi connectivity index (χ0v) is 16.4. The first-order valence-electron chi connectivity index (χ1n) is 10.1. The minimum atomic E-state index is -0.387. The summed E-state index contributed by atoms with van der Waals surface area (Å²) in [6.45, 7) is 2.87. The lowest BCUT2D eigenvalue weighted by Crippen LogP contribution is -2.38. The Morgan fingerprint density at radius 1 is 1.07 bits per heavy atom. The Bertz CT molecular complexity index is 1310. The average molecular weight is 399 g/mol. The van der Waals surface area contributed by atoms with Crippen molar-refractivity contribution in [3.05, 3.63) is 76.3 Å². The predicted molar refractivity (Wildman–Crippen MR) is 115 cm³/mol. The summed E-state index contributed by atoms with van der Waals surface area (Å²) in [7, 11) is 0. The number of piperidine rings is 1. The fourth-order valence-corrected chi connectivity index (χ4v) is 4.18. The monoisotopic (exact) mass is 399 g/mol. The van der Waals surface area contributed by atoms with Crippen LogP contribution in [0.25, 0.3) is 21.9 Å². The molecule has 2 aromatic heterocycles. The van der Waals surface area contributed by atoms with Crippen LogP contribution < -0.4 is 10.9 Å². The summed E-state index contributed by atoms with van der Waals surface area (Å²) in [4.78, 5) is 14.4. The Labute approximate surface area is 173 Å². The molecule has 3 heterocycles. The molecule has 6 nitrogen and oxygen atoms in total. The molecular weight excluding hydrogens is 378 g/mol. The largest absolute Gasteiger partial charge is 0.464 e. The normalized spacial score (nSPS) is 15.4. The van der Waals surface area contributed by atoms with Crippen LogP contribution in [0.2, 0.25) is 0 Å². The predicted octanol–water partition coefficient (Wildman–Crippen LogP) is 4.49. The maximum atomic E-state index is 11.9. The highest BCUT2D eigenvalue weighted by Crippen LogP contribution is 2.26. The molecule has 0 unspecified atom stereocenters. The zero-order valence-electron chi connectivity index (χ0n) is 16.4. The molecule has 0 atom stereocenters. The molecule has 0 spiro atoms. The summed E-state index contributed by atoms with van der Waals surface area (Å²) in [5.41, 5.74) is 3.59. The van der Waals surface area contributed by atoms with E-state index in [1.165, 1.54) is 11.6 Å². The summed E-state index contributed by atoms with van der Waals surface area (Å²) in [6.07, 6.45) is 3.68. The molecule has 0 amide bonds. The standard InChI is InChI=1S/C24H21N3O3/c25-14-16-1-4-23-20(12-16)21(13-24(28)30-23)26-19-5-8-27(9-6-19)15-17-2-3-22-18(11-17)7-10-29-22/h1-4,7,10-13,19,26H,5-6,8-9,15H2. The minimum absolute atomic E-state index is 0.272. The lowest BCUT2D eigenvalue weighted by Gasteiger charge is -2.33. The Hall–Kier alpha value is -3.56. The van der Waals surface area contributed by atoms with E-state index >= 15 is 0 Å². The molecule has 30 heavy (non-hydrogen) atoms. The molecule has 0 bridgehead atoms. The average Bonchev–Trinajstić information content (AvgIpc) is 3.23. The second-order valence-corrected chi connectivity index (χ2v) is 7.79. The van der Waals surface area contributed by atoms with Gasteiger partial charge in [0.1, 0.15) is 11.2 Å². The first-order valence-corrected chi connectivity index (χ1v) is 10.1. The van der Waals surface area contributed by atoms with Gasteiger partial charge in [-0.05, 0) is 54.8 Å². The van der Waals surface area contributed by atoms with Crippen LogP contribution in [0, 0.1) is 11.3 Å². The van der Waals surface area contributed by atoms with Gasteiger partial charge >= 0.3 is 5.63 Å². The fourth-order valence-electron chi connectivity index (χ4n) is 4.18. The van der Waals surface area contributed by atoms with E-state index in [9.17, 15) is 10.1 Å². The Balaban J connectivity index is 1.27. The number of benzene rings is 2. The molecule has 1 aliphatic heterocycles. The van der Waals surface area contributed by atoms with Gasteiger partial charge in [0.05, 0.1) is 23.6 Å². The number of nitrogens with zero attached hydrogens (tertiary/aromatic N) is 2. The number of nitrogens with one attached hydrogen (secondary N) is 1.